The number of ether oxygens (including phenoxy) is 2. The Labute approximate surface area is 105 Å². The average molecular weight is 252 g/mol. The highest BCUT2D eigenvalue weighted by Gasteiger charge is 2.16. The van der Waals surface area contributed by atoms with Crippen molar-refractivity contribution >= 4 is 11.4 Å². The minimum Gasteiger partial charge on any atom is -0.380 e. The molecule has 0 spiro atoms. The normalized spacial score (nSPS) is 15.7. The van der Waals surface area contributed by atoms with Gasteiger partial charge in [-0.25, -0.2) is 0 Å². The van der Waals surface area contributed by atoms with Crippen molar-refractivity contribution in [3.05, 3.63) is 33.9 Å². The maximum absolute atomic E-state index is 10.9. The standard InChI is InChI=1S/C12H16N2O4/c1-17-9-10-6-11(8-12(7-10)14(15)16)13-2-4-18-5-3-13/h6-8H,2-5,9H2,1H3. The first-order valence-electron chi connectivity index (χ1n) is 5.80. The molecule has 0 radical (unpaired) electrons. The van der Waals surface area contributed by atoms with E-state index in [1.807, 2.05) is 6.07 Å². The van der Waals surface area contributed by atoms with Crippen LogP contribution in [0, 0.1) is 10.1 Å². The lowest BCUT2D eigenvalue weighted by molar-refractivity contribution is -0.384. The zero-order valence-electron chi connectivity index (χ0n) is 10.3. The van der Waals surface area contributed by atoms with E-state index >= 15 is 0 Å². The van der Waals surface area contributed by atoms with Gasteiger partial charge in [0.15, 0.2) is 0 Å². The Kier molecular flexibility index (Phi) is 4.11. The van der Waals surface area contributed by atoms with Crippen molar-refractivity contribution in [1.29, 1.82) is 0 Å². The van der Waals surface area contributed by atoms with Gasteiger partial charge in [-0.2, -0.15) is 0 Å². The highest BCUT2D eigenvalue weighted by molar-refractivity contribution is 5.56. The Bertz CT molecular complexity index is 430. The fourth-order valence-electron chi connectivity index (χ4n) is 2.02. The van der Waals surface area contributed by atoms with Crippen LogP contribution in [0.4, 0.5) is 11.4 Å². The van der Waals surface area contributed by atoms with Gasteiger partial charge < -0.3 is 14.4 Å². The van der Waals surface area contributed by atoms with Crippen molar-refractivity contribution in [2.45, 2.75) is 6.61 Å². The van der Waals surface area contributed by atoms with E-state index in [2.05, 4.69) is 4.90 Å². The summed E-state index contributed by atoms with van der Waals surface area (Å²) in [6.45, 7) is 3.20. The van der Waals surface area contributed by atoms with Crippen LogP contribution < -0.4 is 4.90 Å². The first kappa shape index (κ1) is 12.8. The summed E-state index contributed by atoms with van der Waals surface area (Å²) < 4.78 is 10.3. The summed E-state index contributed by atoms with van der Waals surface area (Å²) in [4.78, 5) is 12.6. The molecule has 1 fully saturated rings. The van der Waals surface area contributed by atoms with Crippen LogP contribution in [-0.2, 0) is 16.1 Å². The summed E-state index contributed by atoms with van der Waals surface area (Å²) >= 11 is 0. The van der Waals surface area contributed by atoms with Gasteiger partial charge in [-0.3, -0.25) is 10.1 Å². The fourth-order valence-corrected chi connectivity index (χ4v) is 2.02. The summed E-state index contributed by atoms with van der Waals surface area (Å²) in [6, 6.07) is 5.08. The molecular weight excluding hydrogens is 236 g/mol. The molecule has 0 bridgehead atoms. The molecule has 0 aromatic heterocycles. The van der Waals surface area contributed by atoms with Gasteiger partial charge in [0.1, 0.15) is 0 Å². The van der Waals surface area contributed by atoms with Gasteiger partial charge in [-0.1, -0.05) is 0 Å². The third-order valence-corrected chi connectivity index (χ3v) is 2.86. The van der Waals surface area contributed by atoms with Gasteiger partial charge in [-0.15, -0.1) is 0 Å². The number of nitro groups is 1. The van der Waals surface area contributed by atoms with Gasteiger partial charge in [0.2, 0.25) is 0 Å². The predicted molar refractivity (Wildman–Crippen MR) is 66.8 cm³/mol. The molecule has 1 aliphatic rings. The van der Waals surface area contributed by atoms with Gasteiger partial charge >= 0.3 is 0 Å². The molecular formula is C12H16N2O4. The van der Waals surface area contributed by atoms with Gasteiger partial charge in [0, 0.05) is 38.0 Å². The highest BCUT2D eigenvalue weighted by Crippen LogP contribution is 2.25. The second kappa shape index (κ2) is 5.79. The van der Waals surface area contributed by atoms with E-state index in [1.54, 1.807) is 19.2 Å². The van der Waals surface area contributed by atoms with E-state index in [1.165, 1.54) is 0 Å². The highest BCUT2D eigenvalue weighted by atomic mass is 16.6. The SMILES string of the molecule is COCc1cc(N2CCOCC2)cc([N+](=O)[O-])c1. The molecule has 6 heteroatoms. The number of methoxy groups -OCH3 is 1. The molecule has 6 nitrogen and oxygen atoms in total. The average Bonchev–Trinajstić information content (AvgIpc) is 2.40. The van der Waals surface area contributed by atoms with Crippen molar-refractivity contribution in [2.24, 2.45) is 0 Å². The molecule has 1 aromatic rings. The number of morpholine rings is 1. The molecule has 0 unspecified atom stereocenters. The minimum absolute atomic E-state index is 0.103. The Morgan fingerprint density at radius 3 is 2.72 bits per heavy atom. The Balaban J connectivity index is 2.29. The Morgan fingerprint density at radius 2 is 2.11 bits per heavy atom. The lowest BCUT2D eigenvalue weighted by Crippen LogP contribution is -2.36. The molecule has 0 atom stereocenters. The molecule has 0 amide bonds. The quantitative estimate of drug-likeness (QED) is 0.601. The van der Waals surface area contributed by atoms with E-state index < -0.39 is 0 Å². The molecule has 1 aromatic carbocycles. The van der Waals surface area contributed by atoms with E-state index in [9.17, 15) is 10.1 Å². The van der Waals surface area contributed by atoms with E-state index in [4.69, 9.17) is 9.47 Å². The third kappa shape index (κ3) is 2.96. The van der Waals surface area contributed by atoms with E-state index in [0.717, 1.165) is 24.3 Å². The lowest BCUT2D eigenvalue weighted by Gasteiger charge is -2.29. The molecule has 0 N–H and O–H groups in total. The minimum atomic E-state index is -0.372. The van der Waals surface area contributed by atoms with E-state index in [0.29, 0.717) is 19.8 Å². The summed E-state index contributed by atoms with van der Waals surface area (Å²) in [6.07, 6.45) is 0. The third-order valence-electron chi connectivity index (χ3n) is 2.86. The number of anilines is 1. The molecule has 98 valence electrons. The summed E-state index contributed by atoms with van der Waals surface area (Å²) in [5.74, 6) is 0. The number of benzene rings is 1. The fraction of sp³-hybridized carbons (Fsp3) is 0.500. The second-order valence-electron chi connectivity index (χ2n) is 4.15. The van der Waals surface area contributed by atoms with Gasteiger partial charge in [0.05, 0.1) is 24.7 Å². The number of hydrogen-bond acceptors (Lipinski definition) is 5. The van der Waals surface area contributed by atoms with Crippen LogP contribution in [0.25, 0.3) is 0 Å². The molecule has 18 heavy (non-hydrogen) atoms. The Hall–Kier alpha value is -1.66. The van der Waals surface area contributed by atoms with Crippen molar-refractivity contribution in [1.82, 2.24) is 0 Å². The molecule has 0 aliphatic carbocycles. The van der Waals surface area contributed by atoms with Gasteiger partial charge in [0.25, 0.3) is 5.69 Å². The summed E-state index contributed by atoms with van der Waals surface area (Å²) in [7, 11) is 1.58. The zero-order valence-corrected chi connectivity index (χ0v) is 10.3. The lowest BCUT2D eigenvalue weighted by atomic mass is 10.1. The topological polar surface area (TPSA) is 64.8 Å². The number of non-ortho nitro benzene ring substituents is 1. The Morgan fingerprint density at radius 1 is 1.39 bits per heavy atom. The predicted octanol–water partition coefficient (Wildman–Crippen LogP) is 1.58. The first-order valence-corrected chi connectivity index (χ1v) is 5.80. The van der Waals surface area contributed by atoms with Crippen LogP contribution >= 0.6 is 0 Å². The number of nitrogens with zero attached hydrogens (tertiary/aromatic N) is 2. The van der Waals surface area contributed by atoms with Crippen molar-refractivity contribution in [3.8, 4) is 0 Å². The molecule has 1 saturated heterocycles. The van der Waals surface area contributed by atoms with Crippen LogP contribution in [0.15, 0.2) is 18.2 Å². The summed E-state index contributed by atoms with van der Waals surface area (Å²) in [5.41, 5.74) is 1.78. The van der Waals surface area contributed by atoms with Crippen molar-refractivity contribution in [3.63, 3.8) is 0 Å². The van der Waals surface area contributed by atoms with Crippen LogP contribution in [0.2, 0.25) is 0 Å². The van der Waals surface area contributed by atoms with Crippen molar-refractivity contribution in [2.75, 3.05) is 38.3 Å². The van der Waals surface area contributed by atoms with Crippen molar-refractivity contribution < 1.29 is 14.4 Å². The molecule has 2 rings (SSSR count). The molecule has 1 heterocycles. The second-order valence-corrected chi connectivity index (χ2v) is 4.15. The largest absolute Gasteiger partial charge is 0.380 e. The van der Waals surface area contributed by atoms with Crippen LogP contribution in [0.3, 0.4) is 0 Å². The number of nitro benzene ring substituents is 1. The van der Waals surface area contributed by atoms with Crippen LogP contribution in [0.5, 0.6) is 0 Å². The number of rotatable bonds is 4. The number of hydrogen-bond donors (Lipinski definition) is 0. The first-order chi connectivity index (χ1) is 8.70. The maximum Gasteiger partial charge on any atom is 0.271 e. The van der Waals surface area contributed by atoms with Crippen LogP contribution in [-0.4, -0.2) is 38.3 Å². The smallest absolute Gasteiger partial charge is 0.271 e. The van der Waals surface area contributed by atoms with Crippen LogP contribution in [0.1, 0.15) is 5.56 Å². The van der Waals surface area contributed by atoms with E-state index in [-0.39, 0.29) is 10.6 Å². The maximum atomic E-state index is 10.9. The zero-order chi connectivity index (χ0) is 13.0. The molecule has 0 saturated carbocycles. The van der Waals surface area contributed by atoms with Gasteiger partial charge in [-0.05, 0) is 11.6 Å². The monoisotopic (exact) mass is 252 g/mol. The molecule has 1 aliphatic heterocycles. The summed E-state index contributed by atoms with van der Waals surface area (Å²) in [5, 5.41) is 10.9.